The molecule has 6 heteroatoms. The zero-order valence-electron chi connectivity index (χ0n) is 15.8. The van der Waals surface area contributed by atoms with Crippen LogP contribution in [0.3, 0.4) is 0 Å². The van der Waals surface area contributed by atoms with Crippen molar-refractivity contribution >= 4 is 39.0 Å². The number of nitrogens with zero attached hydrogens (tertiary/aromatic N) is 2. The smallest absolute Gasteiger partial charge is 0.337 e. The van der Waals surface area contributed by atoms with Gasteiger partial charge in [0.2, 0.25) is 0 Å². The molecule has 0 radical (unpaired) electrons. The first kappa shape index (κ1) is 18.1. The van der Waals surface area contributed by atoms with Crippen molar-refractivity contribution in [3.8, 4) is 11.1 Å². The van der Waals surface area contributed by atoms with Crippen LogP contribution in [0.2, 0.25) is 0 Å². The van der Waals surface area contributed by atoms with E-state index in [9.17, 15) is 4.79 Å². The van der Waals surface area contributed by atoms with Gasteiger partial charge in [-0.15, -0.1) is 11.3 Å². The van der Waals surface area contributed by atoms with Gasteiger partial charge in [-0.05, 0) is 37.6 Å². The van der Waals surface area contributed by atoms with Crippen LogP contribution in [0.1, 0.15) is 20.8 Å². The third-order valence-electron chi connectivity index (χ3n) is 4.55. The van der Waals surface area contributed by atoms with Crippen molar-refractivity contribution in [1.82, 2.24) is 9.97 Å². The summed E-state index contributed by atoms with van der Waals surface area (Å²) < 4.78 is 4.81. The van der Waals surface area contributed by atoms with E-state index in [1.54, 1.807) is 29.8 Å². The number of carbonyl (C=O) groups excluding carboxylic acids is 1. The molecule has 1 N–H and O–H groups in total. The maximum atomic E-state index is 11.8. The molecular formula is C22H19N3O2S. The number of rotatable bonds is 4. The molecule has 0 aliphatic rings. The summed E-state index contributed by atoms with van der Waals surface area (Å²) in [6.45, 7) is 4.18. The summed E-state index contributed by atoms with van der Waals surface area (Å²) in [5.74, 6) is 0.343. The van der Waals surface area contributed by atoms with Crippen LogP contribution in [0, 0.1) is 13.8 Å². The molecular weight excluding hydrogens is 370 g/mol. The largest absolute Gasteiger partial charge is 0.465 e. The Morgan fingerprint density at radius 2 is 1.86 bits per heavy atom. The molecule has 28 heavy (non-hydrogen) atoms. The highest BCUT2D eigenvalue weighted by Crippen LogP contribution is 2.41. The lowest BCUT2D eigenvalue weighted by molar-refractivity contribution is 0.0601. The van der Waals surface area contributed by atoms with Gasteiger partial charge in [0.15, 0.2) is 0 Å². The zero-order valence-corrected chi connectivity index (χ0v) is 16.6. The van der Waals surface area contributed by atoms with Gasteiger partial charge in [0.05, 0.1) is 18.1 Å². The molecule has 0 bridgehead atoms. The van der Waals surface area contributed by atoms with Crippen LogP contribution in [0.5, 0.6) is 0 Å². The van der Waals surface area contributed by atoms with Crippen LogP contribution in [-0.4, -0.2) is 23.0 Å². The minimum absolute atomic E-state index is 0.372. The Morgan fingerprint density at radius 3 is 2.61 bits per heavy atom. The Morgan fingerprint density at radius 1 is 1.07 bits per heavy atom. The molecule has 2 aromatic carbocycles. The number of methoxy groups -OCH3 is 1. The predicted octanol–water partition coefficient (Wildman–Crippen LogP) is 5.51. The maximum Gasteiger partial charge on any atom is 0.337 e. The van der Waals surface area contributed by atoms with Gasteiger partial charge in [0, 0.05) is 16.1 Å². The Balaban J connectivity index is 1.82. The molecule has 0 amide bonds. The average molecular weight is 389 g/mol. The van der Waals surface area contributed by atoms with Gasteiger partial charge in [0.1, 0.15) is 17.0 Å². The minimum atomic E-state index is -0.372. The van der Waals surface area contributed by atoms with E-state index in [-0.39, 0.29) is 5.97 Å². The molecule has 0 aliphatic heterocycles. The van der Waals surface area contributed by atoms with Crippen molar-refractivity contribution in [3.63, 3.8) is 0 Å². The van der Waals surface area contributed by atoms with Gasteiger partial charge in [-0.2, -0.15) is 0 Å². The van der Waals surface area contributed by atoms with Crippen LogP contribution >= 0.6 is 11.3 Å². The van der Waals surface area contributed by atoms with E-state index < -0.39 is 0 Å². The number of aryl methyl sites for hydroxylation is 2. The standard InChI is InChI=1S/C22H19N3O2S/c1-13-7-9-15(10-8-13)18-14(2)28-21-19(18)20(23-12-24-21)25-17-6-4-5-16(11-17)22(26)27-3/h4-12H,1-3H3,(H,23,24,25). The molecule has 140 valence electrons. The first-order chi connectivity index (χ1) is 13.6. The predicted molar refractivity (Wildman–Crippen MR) is 113 cm³/mol. The second kappa shape index (κ2) is 7.40. The molecule has 0 spiro atoms. The highest BCUT2D eigenvalue weighted by molar-refractivity contribution is 7.19. The number of benzene rings is 2. The van der Waals surface area contributed by atoms with Crippen LogP contribution in [0.15, 0.2) is 54.9 Å². The monoisotopic (exact) mass is 389 g/mol. The highest BCUT2D eigenvalue weighted by Gasteiger charge is 2.17. The second-order valence-electron chi connectivity index (χ2n) is 6.50. The number of thiophene rings is 1. The molecule has 2 aromatic heterocycles. The SMILES string of the molecule is COC(=O)c1cccc(Nc2ncnc3sc(C)c(-c4ccc(C)cc4)c23)c1. The number of anilines is 2. The van der Waals surface area contributed by atoms with Crippen molar-refractivity contribution in [2.24, 2.45) is 0 Å². The Bertz CT molecular complexity index is 1170. The summed E-state index contributed by atoms with van der Waals surface area (Å²) in [7, 11) is 1.37. The molecule has 0 unspecified atom stereocenters. The van der Waals surface area contributed by atoms with Crippen molar-refractivity contribution in [3.05, 3.63) is 70.9 Å². The lowest BCUT2D eigenvalue weighted by Crippen LogP contribution is -2.02. The fourth-order valence-corrected chi connectivity index (χ4v) is 4.20. The number of carbonyl (C=O) groups is 1. The molecule has 0 saturated heterocycles. The van der Waals surface area contributed by atoms with E-state index >= 15 is 0 Å². The fourth-order valence-electron chi connectivity index (χ4n) is 3.19. The van der Waals surface area contributed by atoms with E-state index in [1.165, 1.54) is 17.6 Å². The second-order valence-corrected chi connectivity index (χ2v) is 7.70. The quantitative estimate of drug-likeness (QED) is 0.467. The number of esters is 1. The lowest BCUT2D eigenvalue weighted by Gasteiger charge is -2.10. The third kappa shape index (κ3) is 3.34. The zero-order chi connectivity index (χ0) is 19.7. The van der Waals surface area contributed by atoms with Crippen molar-refractivity contribution in [2.45, 2.75) is 13.8 Å². The highest BCUT2D eigenvalue weighted by atomic mass is 32.1. The first-order valence-corrected chi connectivity index (χ1v) is 9.65. The Labute approximate surface area is 167 Å². The van der Waals surface area contributed by atoms with Gasteiger partial charge >= 0.3 is 5.97 Å². The van der Waals surface area contributed by atoms with Crippen LogP contribution < -0.4 is 5.32 Å². The van der Waals surface area contributed by atoms with E-state index in [0.29, 0.717) is 11.4 Å². The van der Waals surface area contributed by atoms with E-state index in [4.69, 9.17) is 4.74 Å². The number of ether oxygens (including phenoxy) is 1. The molecule has 0 saturated carbocycles. The van der Waals surface area contributed by atoms with Crippen molar-refractivity contribution in [1.29, 1.82) is 0 Å². The van der Waals surface area contributed by atoms with Gasteiger partial charge in [0.25, 0.3) is 0 Å². The molecule has 0 atom stereocenters. The number of fused-ring (bicyclic) bond motifs is 1. The Hall–Kier alpha value is -3.25. The lowest BCUT2D eigenvalue weighted by atomic mass is 10.0. The molecule has 5 nitrogen and oxygen atoms in total. The molecule has 0 aliphatic carbocycles. The van der Waals surface area contributed by atoms with Gasteiger partial charge in [-0.1, -0.05) is 35.9 Å². The maximum absolute atomic E-state index is 11.8. The number of nitrogens with one attached hydrogen (secondary N) is 1. The minimum Gasteiger partial charge on any atom is -0.465 e. The summed E-state index contributed by atoms with van der Waals surface area (Å²) in [4.78, 5) is 22.9. The summed E-state index contributed by atoms with van der Waals surface area (Å²) >= 11 is 1.65. The topological polar surface area (TPSA) is 64.1 Å². The Kier molecular flexibility index (Phi) is 4.79. The number of hydrogen-bond acceptors (Lipinski definition) is 6. The summed E-state index contributed by atoms with van der Waals surface area (Å²) in [5.41, 5.74) is 4.73. The van der Waals surface area contributed by atoms with Gasteiger partial charge < -0.3 is 10.1 Å². The van der Waals surface area contributed by atoms with Crippen molar-refractivity contribution in [2.75, 3.05) is 12.4 Å². The van der Waals surface area contributed by atoms with Crippen LogP contribution in [0.25, 0.3) is 21.3 Å². The van der Waals surface area contributed by atoms with Gasteiger partial charge in [-0.3, -0.25) is 0 Å². The van der Waals surface area contributed by atoms with E-state index in [1.807, 2.05) is 12.1 Å². The molecule has 4 aromatic rings. The summed E-state index contributed by atoms with van der Waals surface area (Å²) in [6, 6.07) is 15.6. The molecule has 2 heterocycles. The fraction of sp³-hybridized carbons (Fsp3) is 0.136. The first-order valence-electron chi connectivity index (χ1n) is 8.83. The number of aromatic nitrogens is 2. The van der Waals surface area contributed by atoms with E-state index in [0.717, 1.165) is 27.0 Å². The van der Waals surface area contributed by atoms with Gasteiger partial charge in [-0.25, -0.2) is 14.8 Å². The average Bonchev–Trinajstić information content (AvgIpc) is 3.05. The molecule has 0 fully saturated rings. The van der Waals surface area contributed by atoms with Crippen LogP contribution in [0.4, 0.5) is 11.5 Å². The summed E-state index contributed by atoms with van der Waals surface area (Å²) in [6.07, 6.45) is 1.56. The normalized spacial score (nSPS) is 10.8. The third-order valence-corrected chi connectivity index (χ3v) is 5.56. The van der Waals surface area contributed by atoms with E-state index in [2.05, 4.69) is 53.4 Å². The van der Waals surface area contributed by atoms with Crippen molar-refractivity contribution < 1.29 is 9.53 Å². The van der Waals surface area contributed by atoms with Crippen LogP contribution in [-0.2, 0) is 4.74 Å². The summed E-state index contributed by atoms with van der Waals surface area (Å²) in [5, 5.41) is 4.33. The molecule has 4 rings (SSSR count). The number of hydrogen-bond donors (Lipinski definition) is 1.